The second-order valence-electron chi connectivity index (χ2n) is 8.27. The maximum atomic E-state index is 13.1. The molecule has 0 saturated carbocycles. The molecule has 2 fully saturated rings. The molecule has 0 aromatic carbocycles. The summed E-state index contributed by atoms with van der Waals surface area (Å²) in [6.45, 7) is 1.37. The van der Waals surface area contributed by atoms with Crippen LogP contribution < -0.4 is 11.5 Å². The van der Waals surface area contributed by atoms with Crippen LogP contribution in [0.25, 0.3) is 0 Å². The van der Waals surface area contributed by atoms with Crippen molar-refractivity contribution in [2.45, 2.75) is 44.0 Å². The van der Waals surface area contributed by atoms with Gasteiger partial charge in [0.15, 0.2) is 5.72 Å². The van der Waals surface area contributed by atoms with Gasteiger partial charge in [-0.15, -0.1) is 0 Å². The van der Waals surface area contributed by atoms with Crippen molar-refractivity contribution in [2.24, 2.45) is 17.4 Å². The molecule has 172 valence electrons. The quantitative estimate of drug-likeness (QED) is 0.317. The number of fused-ring (bicyclic) bond motifs is 4. The lowest BCUT2D eigenvalue weighted by molar-refractivity contribution is -0.153. The van der Waals surface area contributed by atoms with Crippen LogP contribution in [0.15, 0.2) is 22.5 Å². The Morgan fingerprint density at radius 3 is 2.50 bits per heavy atom. The molecule has 1 aliphatic carbocycles. The molecule has 2 amide bonds. The molecule has 32 heavy (non-hydrogen) atoms. The van der Waals surface area contributed by atoms with Crippen molar-refractivity contribution in [3.63, 3.8) is 0 Å². The zero-order valence-corrected chi connectivity index (χ0v) is 17.6. The maximum absolute atomic E-state index is 13.1. The summed E-state index contributed by atoms with van der Waals surface area (Å²) in [7, 11) is 1.40. The number of hydrogen-bond acceptors (Lipinski definition) is 9. The number of nitrogens with zero attached hydrogens (tertiary/aromatic N) is 2. The van der Waals surface area contributed by atoms with E-state index in [9.17, 15) is 24.0 Å². The smallest absolute Gasteiger partial charge is 0.404 e. The van der Waals surface area contributed by atoms with Gasteiger partial charge in [0.05, 0.1) is 23.4 Å². The van der Waals surface area contributed by atoms with Crippen LogP contribution in [0.1, 0.15) is 26.2 Å². The number of primary amides is 1. The van der Waals surface area contributed by atoms with Crippen molar-refractivity contribution in [2.75, 3.05) is 20.3 Å². The van der Waals surface area contributed by atoms with Crippen LogP contribution in [-0.2, 0) is 28.7 Å². The van der Waals surface area contributed by atoms with E-state index in [2.05, 4.69) is 0 Å². The highest BCUT2D eigenvalue weighted by atomic mass is 16.6. The molecule has 2 saturated heterocycles. The second kappa shape index (κ2) is 7.33. The Hall–Kier alpha value is -3.41. The Bertz CT molecular complexity index is 1020. The number of methoxy groups -OCH3 is 1. The first kappa shape index (κ1) is 21.8. The molecule has 3 aliphatic heterocycles. The lowest BCUT2D eigenvalue weighted by Crippen LogP contribution is -2.56. The number of carboxylic acids is 1. The third-order valence-electron chi connectivity index (χ3n) is 6.76. The van der Waals surface area contributed by atoms with Gasteiger partial charge in [-0.2, -0.15) is 0 Å². The number of ether oxygens (including phenoxy) is 2. The van der Waals surface area contributed by atoms with Crippen LogP contribution >= 0.6 is 0 Å². The van der Waals surface area contributed by atoms with Gasteiger partial charge in [-0.3, -0.25) is 19.2 Å². The SMILES string of the molecule is CO[C@@]12[C@H](COC(N)=O)C3=C(C(=O)C(C)=C(N)C3=O)N1C[C@H]1[C@@H]2N1C(=O)CCCC(=O)O. The number of Topliss-reactive ketones (excluding diaryl/α,β-unsaturated/α-hetero) is 2. The number of ketones is 2. The minimum Gasteiger partial charge on any atom is -0.481 e. The van der Waals surface area contributed by atoms with Gasteiger partial charge in [0, 0.05) is 37.6 Å². The fourth-order valence-electron chi connectivity index (χ4n) is 5.34. The average molecular weight is 448 g/mol. The number of aliphatic carboxylic acids is 1. The molecule has 4 aliphatic rings. The zero-order chi connectivity index (χ0) is 23.5. The molecule has 0 spiro atoms. The molecule has 12 nitrogen and oxygen atoms in total. The van der Waals surface area contributed by atoms with Gasteiger partial charge >= 0.3 is 12.1 Å². The number of amides is 2. The van der Waals surface area contributed by atoms with Crippen LogP contribution in [0, 0.1) is 5.92 Å². The highest BCUT2D eigenvalue weighted by Crippen LogP contribution is 2.59. The Labute approximate surface area is 182 Å². The van der Waals surface area contributed by atoms with E-state index in [-0.39, 0.29) is 66.9 Å². The van der Waals surface area contributed by atoms with Gasteiger partial charge in [0.2, 0.25) is 17.5 Å². The summed E-state index contributed by atoms with van der Waals surface area (Å²) >= 11 is 0. The molecular formula is C20H24N4O8. The van der Waals surface area contributed by atoms with E-state index in [0.717, 1.165) is 0 Å². The molecule has 5 N–H and O–H groups in total. The summed E-state index contributed by atoms with van der Waals surface area (Å²) in [5.74, 6) is -3.09. The number of carbonyl (C=O) groups excluding carboxylic acids is 4. The number of nitrogens with two attached hydrogens (primary N) is 2. The van der Waals surface area contributed by atoms with Crippen LogP contribution in [0.2, 0.25) is 0 Å². The Morgan fingerprint density at radius 2 is 1.91 bits per heavy atom. The topological polar surface area (TPSA) is 182 Å². The lowest BCUT2D eigenvalue weighted by Gasteiger charge is -2.41. The first-order chi connectivity index (χ1) is 15.1. The van der Waals surface area contributed by atoms with Crippen molar-refractivity contribution in [3.8, 4) is 0 Å². The molecule has 12 heteroatoms. The largest absolute Gasteiger partial charge is 0.481 e. The Morgan fingerprint density at radius 1 is 1.22 bits per heavy atom. The number of rotatable bonds is 7. The predicted octanol–water partition coefficient (Wildman–Crippen LogP) is -1.16. The number of carboxylic acid groups (broad SMARTS) is 1. The predicted molar refractivity (Wildman–Crippen MR) is 105 cm³/mol. The highest BCUT2D eigenvalue weighted by Gasteiger charge is 2.77. The fourth-order valence-corrected chi connectivity index (χ4v) is 5.34. The van der Waals surface area contributed by atoms with Crippen LogP contribution in [0.4, 0.5) is 4.79 Å². The van der Waals surface area contributed by atoms with E-state index in [4.69, 9.17) is 26.0 Å². The van der Waals surface area contributed by atoms with Gasteiger partial charge in [-0.25, -0.2) is 4.79 Å². The van der Waals surface area contributed by atoms with Gasteiger partial charge in [0.1, 0.15) is 12.6 Å². The molecular weight excluding hydrogens is 424 g/mol. The van der Waals surface area contributed by atoms with E-state index in [0.29, 0.717) is 0 Å². The summed E-state index contributed by atoms with van der Waals surface area (Å²) in [6.07, 6.45) is -0.958. The van der Waals surface area contributed by atoms with E-state index in [1.165, 1.54) is 14.0 Å². The summed E-state index contributed by atoms with van der Waals surface area (Å²) in [5, 5.41) is 8.81. The molecule has 0 aromatic heterocycles. The number of allylic oxidation sites excluding steroid dienone is 2. The summed E-state index contributed by atoms with van der Waals surface area (Å²) in [4.78, 5) is 64.2. The van der Waals surface area contributed by atoms with E-state index >= 15 is 0 Å². The number of carbonyl (C=O) groups is 5. The Balaban J connectivity index is 1.68. The highest BCUT2D eigenvalue weighted by molar-refractivity contribution is 6.25. The van der Waals surface area contributed by atoms with Crippen molar-refractivity contribution in [3.05, 3.63) is 22.5 Å². The summed E-state index contributed by atoms with van der Waals surface area (Å²) < 4.78 is 10.9. The van der Waals surface area contributed by atoms with Crippen LogP contribution in [-0.4, -0.2) is 82.5 Å². The fraction of sp³-hybridized carbons (Fsp3) is 0.550. The van der Waals surface area contributed by atoms with Gasteiger partial charge in [0.25, 0.3) is 0 Å². The molecule has 0 aromatic rings. The minimum absolute atomic E-state index is 0.0418. The molecule has 0 radical (unpaired) electrons. The van der Waals surface area contributed by atoms with E-state index in [1.54, 1.807) is 9.80 Å². The maximum Gasteiger partial charge on any atom is 0.404 e. The van der Waals surface area contributed by atoms with Gasteiger partial charge in [-0.05, 0) is 13.3 Å². The average Bonchev–Trinajstić information content (AvgIpc) is 3.24. The molecule has 0 unspecified atom stereocenters. The van der Waals surface area contributed by atoms with Gasteiger partial charge < -0.3 is 35.8 Å². The number of hydrogen-bond donors (Lipinski definition) is 3. The third kappa shape index (κ3) is 2.82. The standard InChI is InChI=1S/C20H24N4O8/c1-8-14(21)17(29)13-9(7-32-19(22)30)20(31-2)18-10(6-23(20)15(13)16(8)28)24(18)11(25)4-3-5-12(26)27/h9-10,18H,3-7,21H2,1-2H3,(H2,22,30)(H,26,27)/t9-,10+,18+,20-,24?/m1/s1. The normalized spacial score (nSPS) is 30.4. The van der Waals surface area contributed by atoms with Crippen molar-refractivity contribution < 1.29 is 38.6 Å². The molecule has 0 bridgehead atoms. The van der Waals surface area contributed by atoms with Crippen LogP contribution in [0.3, 0.4) is 0 Å². The molecule has 4 atom stereocenters. The monoisotopic (exact) mass is 448 g/mol. The first-order valence-corrected chi connectivity index (χ1v) is 10.2. The van der Waals surface area contributed by atoms with Crippen molar-refractivity contribution in [1.29, 1.82) is 0 Å². The van der Waals surface area contributed by atoms with Gasteiger partial charge in [-0.1, -0.05) is 0 Å². The lowest BCUT2D eigenvalue weighted by atomic mass is 9.82. The zero-order valence-electron chi connectivity index (χ0n) is 17.6. The summed E-state index contributed by atoms with van der Waals surface area (Å²) in [6, 6.07) is -0.803. The molecule has 3 heterocycles. The third-order valence-corrected chi connectivity index (χ3v) is 6.76. The van der Waals surface area contributed by atoms with Crippen molar-refractivity contribution in [1.82, 2.24) is 9.80 Å². The second-order valence-corrected chi connectivity index (χ2v) is 8.27. The molecule has 4 rings (SSSR count). The van der Waals surface area contributed by atoms with Crippen LogP contribution in [0.5, 0.6) is 0 Å². The first-order valence-electron chi connectivity index (χ1n) is 10.2. The van der Waals surface area contributed by atoms with E-state index in [1.807, 2.05) is 0 Å². The van der Waals surface area contributed by atoms with Crippen molar-refractivity contribution >= 4 is 29.5 Å². The Kier molecular flexibility index (Phi) is 4.99. The minimum atomic E-state index is -1.32. The van der Waals surface area contributed by atoms with E-state index < -0.39 is 41.3 Å². The summed E-state index contributed by atoms with van der Waals surface area (Å²) in [5.41, 5.74) is 9.89. The number of piperazine rings is 1.